The fraction of sp³-hybridized carbons (Fsp3) is 0.385. The third-order valence-electron chi connectivity index (χ3n) is 2.86. The SMILES string of the molecule is CC(CC=O)c1ccc(C=O)c2c1OCCO2. The van der Waals surface area contributed by atoms with E-state index in [0.29, 0.717) is 36.7 Å². The van der Waals surface area contributed by atoms with Crippen molar-refractivity contribution < 1.29 is 19.1 Å². The molecule has 0 spiro atoms. The number of hydrogen-bond donors (Lipinski definition) is 0. The van der Waals surface area contributed by atoms with Crippen LogP contribution in [0, 0.1) is 0 Å². The van der Waals surface area contributed by atoms with E-state index in [1.165, 1.54) is 0 Å². The maximum absolute atomic E-state index is 10.9. The Bertz CT molecular complexity index is 439. The van der Waals surface area contributed by atoms with Crippen LogP contribution in [0.1, 0.15) is 35.2 Å². The summed E-state index contributed by atoms with van der Waals surface area (Å²) in [5.74, 6) is 1.17. The zero-order chi connectivity index (χ0) is 12.3. The molecule has 0 saturated heterocycles. The van der Waals surface area contributed by atoms with Crippen molar-refractivity contribution in [3.63, 3.8) is 0 Å². The Morgan fingerprint density at radius 2 is 1.94 bits per heavy atom. The summed E-state index contributed by atoms with van der Waals surface area (Å²) in [5, 5.41) is 0. The summed E-state index contributed by atoms with van der Waals surface area (Å²) < 4.78 is 11.0. The highest BCUT2D eigenvalue weighted by atomic mass is 16.6. The van der Waals surface area contributed by atoms with Crippen molar-refractivity contribution in [3.05, 3.63) is 23.3 Å². The van der Waals surface area contributed by atoms with E-state index in [1.54, 1.807) is 6.07 Å². The Morgan fingerprint density at radius 3 is 2.59 bits per heavy atom. The van der Waals surface area contributed by atoms with Crippen LogP contribution in [0.25, 0.3) is 0 Å². The molecule has 0 aromatic heterocycles. The lowest BCUT2D eigenvalue weighted by Gasteiger charge is -2.24. The summed E-state index contributed by atoms with van der Waals surface area (Å²) >= 11 is 0. The average molecular weight is 234 g/mol. The first kappa shape index (κ1) is 11.6. The Kier molecular flexibility index (Phi) is 3.42. The maximum Gasteiger partial charge on any atom is 0.172 e. The highest BCUT2D eigenvalue weighted by Crippen LogP contribution is 2.40. The van der Waals surface area contributed by atoms with E-state index >= 15 is 0 Å². The summed E-state index contributed by atoms with van der Waals surface area (Å²) in [7, 11) is 0. The number of ether oxygens (including phenoxy) is 2. The van der Waals surface area contributed by atoms with Crippen molar-refractivity contribution in [3.8, 4) is 11.5 Å². The lowest BCUT2D eigenvalue weighted by Crippen LogP contribution is -2.18. The molecule has 1 aliphatic rings. The van der Waals surface area contributed by atoms with E-state index in [4.69, 9.17) is 9.47 Å². The molecule has 0 aliphatic carbocycles. The van der Waals surface area contributed by atoms with Crippen molar-refractivity contribution in [2.75, 3.05) is 13.2 Å². The maximum atomic E-state index is 10.9. The minimum Gasteiger partial charge on any atom is -0.486 e. The Labute approximate surface area is 99.5 Å². The highest BCUT2D eigenvalue weighted by molar-refractivity contribution is 5.82. The zero-order valence-corrected chi connectivity index (χ0v) is 9.64. The fourth-order valence-electron chi connectivity index (χ4n) is 1.93. The predicted octanol–water partition coefficient (Wildman–Crippen LogP) is 1.96. The standard InChI is InChI=1S/C13H14O4/c1-9(4-5-14)11-3-2-10(8-15)12-13(11)17-7-6-16-12/h2-3,5,8-9H,4,6-7H2,1H3. The van der Waals surface area contributed by atoms with Crippen molar-refractivity contribution in [2.24, 2.45) is 0 Å². The molecule has 2 rings (SSSR count). The topological polar surface area (TPSA) is 52.6 Å². The largest absolute Gasteiger partial charge is 0.486 e. The van der Waals surface area contributed by atoms with Gasteiger partial charge < -0.3 is 14.3 Å². The van der Waals surface area contributed by atoms with Gasteiger partial charge in [-0.1, -0.05) is 13.0 Å². The van der Waals surface area contributed by atoms with Gasteiger partial charge in [-0.05, 0) is 12.0 Å². The molecule has 1 aromatic carbocycles. The van der Waals surface area contributed by atoms with Gasteiger partial charge in [-0.2, -0.15) is 0 Å². The van der Waals surface area contributed by atoms with Gasteiger partial charge in [0.2, 0.25) is 0 Å². The lowest BCUT2D eigenvalue weighted by atomic mass is 9.95. The number of fused-ring (bicyclic) bond motifs is 1. The molecule has 4 heteroatoms. The molecule has 1 aromatic rings. The second kappa shape index (κ2) is 4.99. The third-order valence-corrected chi connectivity index (χ3v) is 2.86. The highest BCUT2D eigenvalue weighted by Gasteiger charge is 2.22. The summed E-state index contributed by atoms with van der Waals surface area (Å²) in [4.78, 5) is 21.4. The number of rotatable bonds is 4. The van der Waals surface area contributed by atoms with Gasteiger partial charge in [0.1, 0.15) is 19.5 Å². The summed E-state index contributed by atoms with van der Waals surface area (Å²) in [6.45, 7) is 2.86. The van der Waals surface area contributed by atoms with Gasteiger partial charge in [0.15, 0.2) is 17.8 Å². The van der Waals surface area contributed by atoms with Crippen molar-refractivity contribution in [1.82, 2.24) is 0 Å². The van der Waals surface area contributed by atoms with Crippen LogP contribution in [0.4, 0.5) is 0 Å². The van der Waals surface area contributed by atoms with Gasteiger partial charge in [0.05, 0.1) is 5.56 Å². The number of aldehydes is 2. The molecule has 4 nitrogen and oxygen atoms in total. The minimum atomic E-state index is 0.0589. The molecular weight excluding hydrogens is 220 g/mol. The molecule has 0 N–H and O–H groups in total. The van der Waals surface area contributed by atoms with E-state index in [1.807, 2.05) is 13.0 Å². The van der Waals surface area contributed by atoms with Gasteiger partial charge in [-0.3, -0.25) is 4.79 Å². The predicted molar refractivity (Wildman–Crippen MR) is 61.9 cm³/mol. The van der Waals surface area contributed by atoms with Crippen molar-refractivity contribution in [2.45, 2.75) is 19.3 Å². The number of hydrogen-bond acceptors (Lipinski definition) is 4. The minimum absolute atomic E-state index is 0.0589. The van der Waals surface area contributed by atoms with Gasteiger partial charge in [-0.15, -0.1) is 0 Å². The molecule has 90 valence electrons. The van der Waals surface area contributed by atoms with Crippen LogP contribution in [0.5, 0.6) is 11.5 Å². The van der Waals surface area contributed by atoms with E-state index in [-0.39, 0.29) is 5.92 Å². The number of carbonyl (C=O) groups excluding carboxylic acids is 2. The molecular formula is C13H14O4. The molecule has 1 heterocycles. The third kappa shape index (κ3) is 2.16. The number of benzene rings is 1. The molecule has 0 amide bonds. The quantitative estimate of drug-likeness (QED) is 0.747. The molecule has 1 unspecified atom stereocenters. The van der Waals surface area contributed by atoms with Crippen LogP contribution < -0.4 is 9.47 Å². The van der Waals surface area contributed by atoms with Crippen molar-refractivity contribution >= 4 is 12.6 Å². The second-order valence-electron chi connectivity index (χ2n) is 4.02. The van der Waals surface area contributed by atoms with Crippen LogP contribution in [0.3, 0.4) is 0 Å². The summed E-state index contributed by atoms with van der Waals surface area (Å²) in [5.41, 5.74) is 1.40. The monoisotopic (exact) mass is 234 g/mol. The van der Waals surface area contributed by atoms with Crippen LogP contribution in [0.15, 0.2) is 12.1 Å². The van der Waals surface area contributed by atoms with Gasteiger partial charge in [0, 0.05) is 12.0 Å². The van der Waals surface area contributed by atoms with E-state index in [2.05, 4.69) is 0 Å². The molecule has 0 fully saturated rings. The second-order valence-corrected chi connectivity index (χ2v) is 4.02. The molecule has 1 atom stereocenters. The summed E-state index contributed by atoms with van der Waals surface area (Å²) in [6, 6.07) is 3.53. The molecule has 0 bridgehead atoms. The smallest absolute Gasteiger partial charge is 0.172 e. The average Bonchev–Trinajstić information content (AvgIpc) is 2.37. The van der Waals surface area contributed by atoms with Crippen LogP contribution in [-0.2, 0) is 4.79 Å². The zero-order valence-electron chi connectivity index (χ0n) is 9.64. The van der Waals surface area contributed by atoms with E-state index in [9.17, 15) is 9.59 Å². The fourth-order valence-corrected chi connectivity index (χ4v) is 1.93. The Balaban J connectivity index is 2.46. The van der Waals surface area contributed by atoms with E-state index in [0.717, 1.165) is 18.1 Å². The Morgan fingerprint density at radius 1 is 1.24 bits per heavy atom. The lowest BCUT2D eigenvalue weighted by molar-refractivity contribution is -0.108. The summed E-state index contributed by atoms with van der Waals surface area (Å²) in [6.07, 6.45) is 2.06. The van der Waals surface area contributed by atoms with Crippen LogP contribution in [-0.4, -0.2) is 25.8 Å². The number of carbonyl (C=O) groups is 2. The van der Waals surface area contributed by atoms with E-state index < -0.39 is 0 Å². The molecule has 0 saturated carbocycles. The first-order valence-corrected chi connectivity index (χ1v) is 5.59. The Hall–Kier alpha value is -1.84. The van der Waals surface area contributed by atoms with Crippen LogP contribution >= 0.6 is 0 Å². The van der Waals surface area contributed by atoms with Gasteiger partial charge in [-0.25, -0.2) is 0 Å². The first-order chi connectivity index (χ1) is 8.27. The first-order valence-electron chi connectivity index (χ1n) is 5.59. The van der Waals surface area contributed by atoms with Gasteiger partial charge >= 0.3 is 0 Å². The molecule has 17 heavy (non-hydrogen) atoms. The normalized spacial score (nSPS) is 15.1. The van der Waals surface area contributed by atoms with Gasteiger partial charge in [0.25, 0.3) is 0 Å². The van der Waals surface area contributed by atoms with Crippen LogP contribution in [0.2, 0.25) is 0 Å². The van der Waals surface area contributed by atoms with Crippen molar-refractivity contribution in [1.29, 1.82) is 0 Å². The molecule has 1 aliphatic heterocycles. The molecule has 0 radical (unpaired) electrons.